The minimum atomic E-state index is -0.355. The first-order valence-electron chi connectivity index (χ1n) is 2.75. The van der Waals surface area contributed by atoms with Gasteiger partial charge < -0.3 is 4.74 Å². The Labute approximate surface area is 81.3 Å². The standard InChI is InChI=1S/C5H5IN2O2S/c1-10-5(9)4-3(2-6)7-8-11-4/h2H2,1H3. The molecule has 6 heteroatoms. The predicted molar refractivity (Wildman–Crippen MR) is 49.0 cm³/mol. The third kappa shape index (κ3) is 1.86. The van der Waals surface area contributed by atoms with Crippen LogP contribution in [0.25, 0.3) is 0 Å². The molecule has 0 bridgehead atoms. The van der Waals surface area contributed by atoms with Gasteiger partial charge in [-0.3, -0.25) is 0 Å². The summed E-state index contributed by atoms with van der Waals surface area (Å²) in [6.45, 7) is 0. The highest BCUT2D eigenvalue weighted by molar-refractivity contribution is 14.1. The summed E-state index contributed by atoms with van der Waals surface area (Å²) in [5.74, 6) is -0.355. The fourth-order valence-corrected chi connectivity index (χ4v) is 1.93. The number of halogens is 1. The average Bonchev–Trinajstić information content (AvgIpc) is 2.50. The van der Waals surface area contributed by atoms with E-state index in [1.807, 2.05) is 0 Å². The van der Waals surface area contributed by atoms with Crippen LogP contribution in [0.1, 0.15) is 15.4 Å². The number of carbonyl (C=O) groups excluding carboxylic acids is 1. The number of carbonyl (C=O) groups is 1. The molecule has 0 saturated heterocycles. The zero-order chi connectivity index (χ0) is 8.27. The van der Waals surface area contributed by atoms with Crippen LogP contribution < -0.4 is 0 Å². The number of methoxy groups -OCH3 is 1. The van der Waals surface area contributed by atoms with Gasteiger partial charge in [-0.25, -0.2) is 4.79 Å². The Morgan fingerprint density at radius 1 is 1.82 bits per heavy atom. The normalized spacial score (nSPS) is 9.64. The summed E-state index contributed by atoms with van der Waals surface area (Å²) in [7, 11) is 1.35. The molecular weight excluding hydrogens is 279 g/mol. The third-order valence-corrected chi connectivity index (χ3v) is 2.52. The van der Waals surface area contributed by atoms with Gasteiger partial charge >= 0.3 is 5.97 Å². The molecule has 1 rings (SSSR count). The summed E-state index contributed by atoms with van der Waals surface area (Å²) in [4.78, 5) is 11.5. The van der Waals surface area contributed by atoms with Crippen molar-refractivity contribution in [2.24, 2.45) is 0 Å². The van der Waals surface area contributed by atoms with Crippen molar-refractivity contribution < 1.29 is 9.53 Å². The van der Waals surface area contributed by atoms with Crippen LogP contribution in [0.3, 0.4) is 0 Å². The molecule has 1 aromatic heterocycles. The number of rotatable bonds is 2. The van der Waals surface area contributed by atoms with Crippen molar-refractivity contribution in [1.82, 2.24) is 9.59 Å². The molecule has 0 fully saturated rings. The Bertz CT molecular complexity index is 263. The number of hydrogen-bond donors (Lipinski definition) is 0. The monoisotopic (exact) mass is 284 g/mol. The fraction of sp³-hybridized carbons (Fsp3) is 0.400. The summed E-state index contributed by atoms with van der Waals surface area (Å²) in [6, 6.07) is 0. The zero-order valence-corrected chi connectivity index (χ0v) is 8.68. The number of hydrogen-bond acceptors (Lipinski definition) is 5. The van der Waals surface area contributed by atoms with Gasteiger partial charge in [-0.1, -0.05) is 27.1 Å². The van der Waals surface area contributed by atoms with Crippen LogP contribution in [0.2, 0.25) is 0 Å². The molecular formula is C5H5IN2O2S. The summed E-state index contributed by atoms with van der Waals surface area (Å²) in [5, 5.41) is 3.76. The third-order valence-electron chi connectivity index (χ3n) is 1.05. The van der Waals surface area contributed by atoms with E-state index in [0.29, 0.717) is 15.0 Å². The van der Waals surface area contributed by atoms with Crippen molar-refractivity contribution in [2.45, 2.75) is 4.43 Å². The van der Waals surface area contributed by atoms with Crippen LogP contribution in [0.15, 0.2) is 0 Å². The van der Waals surface area contributed by atoms with E-state index in [0.717, 1.165) is 11.5 Å². The van der Waals surface area contributed by atoms with Crippen LogP contribution in [0.4, 0.5) is 0 Å². The van der Waals surface area contributed by atoms with Crippen LogP contribution in [0, 0.1) is 0 Å². The number of ether oxygens (including phenoxy) is 1. The fourth-order valence-electron chi connectivity index (χ4n) is 0.544. The summed E-state index contributed by atoms with van der Waals surface area (Å²) in [6.07, 6.45) is 0. The van der Waals surface area contributed by atoms with Gasteiger partial charge in [0.1, 0.15) is 0 Å². The highest BCUT2D eigenvalue weighted by Gasteiger charge is 2.14. The van der Waals surface area contributed by atoms with E-state index in [1.54, 1.807) is 0 Å². The predicted octanol–water partition coefficient (Wildman–Crippen LogP) is 1.26. The Morgan fingerprint density at radius 3 is 3.09 bits per heavy atom. The molecule has 1 heterocycles. The maximum Gasteiger partial charge on any atom is 0.351 e. The first kappa shape index (κ1) is 8.85. The lowest BCUT2D eigenvalue weighted by atomic mass is 10.4. The number of esters is 1. The zero-order valence-electron chi connectivity index (χ0n) is 5.70. The molecule has 0 N–H and O–H groups in total. The smallest absolute Gasteiger partial charge is 0.351 e. The van der Waals surface area contributed by atoms with E-state index in [-0.39, 0.29) is 5.97 Å². The van der Waals surface area contributed by atoms with Crippen molar-refractivity contribution in [1.29, 1.82) is 0 Å². The van der Waals surface area contributed by atoms with Crippen molar-refractivity contribution in [3.63, 3.8) is 0 Å². The second-order valence-electron chi connectivity index (χ2n) is 1.67. The lowest BCUT2D eigenvalue weighted by Crippen LogP contribution is -2.01. The average molecular weight is 284 g/mol. The van der Waals surface area contributed by atoms with E-state index in [4.69, 9.17) is 0 Å². The van der Waals surface area contributed by atoms with E-state index in [2.05, 4.69) is 36.9 Å². The Kier molecular flexibility index (Phi) is 3.18. The first-order valence-corrected chi connectivity index (χ1v) is 5.05. The lowest BCUT2D eigenvalue weighted by molar-refractivity contribution is 0.0605. The molecule has 0 amide bonds. The molecule has 0 aliphatic carbocycles. The minimum Gasteiger partial charge on any atom is -0.465 e. The molecule has 0 aliphatic rings. The summed E-state index contributed by atoms with van der Waals surface area (Å²) < 4.78 is 8.85. The quantitative estimate of drug-likeness (QED) is 0.466. The van der Waals surface area contributed by atoms with Gasteiger partial charge in [0.25, 0.3) is 0 Å². The highest BCUT2D eigenvalue weighted by atomic mass is 127. The largest absolute Gasteiger partial charge is 0.465 e. The van der Waals surface area contributed by atoms with Gasteiger partial charge in [-0.15, -0.1) is 5.10 Å². The highest BCUT2D eigenvalue weighted by Crippen LogP contribution is 2.14. The molecule has 0 aliphatic heterocycles. The van der Waals surface area contributed by atoms with Gasteiger partial charge in [0.05, 0.1) is 12.8 Å². The van der Waals surface area contributed by atoms with Crippen LogP contribution in [-0.4, -0.2) is 22.7 Å². The Balaban J connectivity index is 2.92. The van der Waals surface area contributed by atoms with Gasteiger partial charge in [-0.05, 0) is 11.5 Å². The van der Waals surface area contributed by atoms with Crippen molar-refractivity contribution >= 4 is 40.1 Å². The molecule has 0 spiro atoms. The summed E-state index contributed by atoms with van der Waals surface area (Å²) in [5.41, 5.74) is 0.697. The van der Waals surface area contributed by atoms with Crippen molar-refractivity contribution in [3.8, 4) is 0 Å². The number of aromatic nitrogens is 2. The Morgan fingerprint density at radius 2 is 2.55 bits per heavy atom. The van der Waals surface area contributed by atoms with Crippen LogP contribution in [-0.2, 0) is 9.16 Å². The first-order chi connectivity index (χ1) is 5.29. The molecule has 0 unspecified atom stereocenters. The topological polar surface area (TPSA) is 52.1 Å². The van der Waals surface area contributed by atoms with E-state index < -0.39 is 0 Å². The second kappa shape index (κ2) is 3.96. The number of alkyl halides is 1. The molecule has 0 radical (unpaired) electrons. The SMILES string of the molecule is COC(=O)c1snnc1CI. The maximum absolute atomic E-state index is 11.0. The minimum absolute atomic E-state index is 0.355. The maximum atomic E-state index is 11.0. The van der Waals surface area contributed by atoms with Crippen LogP contribution in [0.5, 0.6) is 0 Å². The van der Waals surface area contributed by atoms with Gasteiger partial charge in [0.15, 0.2) is 4.88 Å². The lowest BCUT2D eigenvalue weighted by Gasteiger charge is -1.93. The second-order valence-corrected chi connectivity index (χ2v) is 3.19. The molecule has 0 saturated carbocycles. The van der Waals surface area contributed by atoms with Crippen molar-refractivity contribution in [3.05, 3.63) is 10.6 Å². The van der Waals surface area contributed by atoms with E-state index in [1.165, 1.54) is 7.11 Å². The van der Waals surface area contributed by atoms with Crippen LogP contribution >= 0.6 is 34.1 Å². The molecule has 0 aromatic carbocycles. The van der Waals surface area contributed by atoms with E-state index in [9.17, 15) is 4.79 Å². The van der Waals surface area contributed by atoms with Gasteiger partial charge in [0.2, 0.25) is 0 Å². The Hall–Kier alpha value is -0.240. The molecule has 0 atom stereocenters. The molecule has 1 aromatic rings. The number of nitrogens with zero attached hydrogens (tertiary/aromatic N) is 2. The van der Waals surface area contributed by atoms with Gasteiger partial charge in [-0.2, -0.15) is 0 Å². The molecule has 60 valence electrons. The summed E-state index contributed by atoms with van der Waals surface area (Å²) >= 11 is 3.19. The molecule has 4 nitrogen and oxygen atoms in total. The van der Waals surface area contributed by atoms with Gasteiger partial charge in [0, 0.05) is 4.43 Å². The van der Waals surface area contributed by atoms with Crippen molar-refractivity contribution in [2.75, 3.05) is 7.11 Å². The molecule has 11 heavy (non-hydrogen) atoms. The van der Waals surface area contributed by atoms with E-state index >= 15 is 0 Å².